The first-order valence-corrected chi connectivity index (χ1v) is 4.78. The lowest BCUT2D eigenvalue weighted by Gasteiger charge is -2.17. The van der Waals surface area contributed by atoms with Crippen LogP contribution in [0.1, 0.15) is 24.9 Å². The van der Waals surface area contributed by atoms with Crippen LogP contribution < -0.4 is 0 Å². The molecule has 0 unspecified atom stereocenters. The summed E-state index contributed by atoms with van der Waals surface area (Å²) in [7, 11) is 0. The summed E-state index contributed by atoms with van der Waals surface area (Å²) in [5.41, 5.74) is 1.22. The van der Waals surface area contributed by atoms with Gasteiger partial charge in [0.05, 0.1) is 6.04 Å². The van der Waals surface area contributed by atoms with Gasteiger partial charge in [0.25, 0.3) is 0 Å². The molecule has 2 nitrogen and oxygen atoms in total. The Labute approximate surface area is 78.8 Å². The second kappa shape index (κ2) is 3.48. The molecule has 1 aliphatic rings. The molecule has 13 heavy (non-hydrogen) atoms. The minimum absolute atomic E-state index is 0.205. The zero-order valence-electron chi connectivity index (χ0n) is 7.85. The molecule has 0 bridgehead atoms. The SMILES string of the molecule is C[C@H]1C[C@@H](c2ccccc2)N(O)C1. The molecule has 0 amide bonds. The van der Waals surface area contributed by atoms with E-state index in [1.807, 2.05) is 18.2 Å². The van der Waals surface area contributed by atoms with Crippen molar-refractivity contribution in [2.75, 3.05) is 6.54 Å². The Morgan fingerprint density at radius 2 is 2.00 bits per heavy atom. The van der Waals surface area contributed by atoms with Gasteiger partial charge in [0, 0.05) is 6.54 Å². The summed E-state index contributed by atoms with van der Waals surface area (Å²) in [4.78, 5) is 0. The van der Waals surface area contributed by atoms with Crippen LogP contribution >= 0.6 is 0 Å². The van der Waals surface area contributed by atoms with Gasteiger partial charge in [0.1, 0.15) is 0 Å². The quantitative estimate of drug-likeness (QED) is 0.712. The van der Waals surface area contributed by atoms with Crippen molar-refractivity contribution in [2.45, 2.75) is 19.4 Å². The zero-order chi connectivity index (χ0) is 9.26. The fourth-order valence-corrected chi connectivity index (χ4v) is 2.01. The third kappa shape index (κ3) is 1.74. The summed E-state index contributed by atoms with van der Waals surface area (Å²) in [5, 5.41) is 11.1. The molecule has 1 heterocycles. The first-order chi connectivity index (χ1) is 6.27. The van der Waals surface area contributed by atoms with Gasteiger partial charge in [0.15, 0.2) is 0 Å². The van der Waals surface area contributed by atoms with Crippen molar-refractivity contribution in [3.63, 3.8) is 0 Å². The van der Waals surface area contributed by atoms with Gasteiger partial charge in [-0.2, -0.15) is 5.06 Å². The van der Waals surface area contributed by atoms with Crippen molar-refractivity contribution in [3.05, 3.63) is 35.9 Å². The normalized spacial score (nSPS) is 29.4. The standard InChI is InChI=1S/C11H15NO/c1-9-7-11(12(13)8-9)10-5-3-2-4-6-10/h2-6,9,11,13H,7-8H2,1H3/t9-,11-/m0/s1. The van der Waals surface area contributed by atoms with Gasteiger partial charge < -0.3 is 5.21 Å². The number of hydrogen-bond acceptors (Lipinski definition) is 2. The minimum Gasteiger partial charge on any atom is -0.313 e. The third-order valence-corrected chi connectivity index (χ3v) is 2.67. The highest BCUT2D eigenvalue weighted by Crippen LogP contribution is 2.33. The highest BCUT2D eigenvalue weighted by molar-refractivity contribution is 5.19. The Bertz CT molecular complexity index is 273. The molecule has 1 fully saturated rings. The summed E-state index contributed by atoms with van der Waals surface area (Å²) in [6, 6.07) is 10.4. The first kappa shape index (κ1) is 8.73. The van der Waals surface area contributed by atoms with Gasteiger partial charge >= 0.3 is 0 Å². The van der Waals surface area contributed by atoms with Crippen molar-refractivity contribution >= 4 is 0 Å². The van der Waals surface area contributed by atoms with E-state index >= 15 is 0 Å². The fourth-order valence-electron chi connectivity index (χ4n) is 2.01. The maximum atomic E-state index is 9.65. The van der Waals surface area contributed by atoms with E-state index in [9.17, 15) is 5.21 Å². The monoisotopic (exact) mass is 177 g/mol. The molecule has 1 aromatic carbocycles. The molecule has 0 aliphatic carbocycles. The van der Waals surface area contributed by atoms with Crippen LogP contribution in [0.5, 0.6) is 0 Å². The van der Waals surface area contributed by atoms with Crippen LogP contribution in [0.25, 0.3) is 0 Å². The Morgan fingerprint density at radius 3 is 2.54 bits per heavy atom. The van der Waals surface area contributed by atoms with Crippen LogP contribution in [0, 0.1) is 5.92 Å². The number of benzene rings is 1. The van der Waals surface area contributed by atoms with E-state index in [0.29, 0.717) is 5.92 Å². The molecular formula is C11H15NO. The van der Waals surface area contributed by atoms with Crippen molar-refractivity contribution in [2.24, 2.45) is 5.92 Å². The number of nitrogens with zero attached hydrogens (tertiary/aromatic N) is 1. The highest BCUT2D eigenvalue weighted by atomic mass is 16.5. The lowest BCUT2D eigenvalue weighted by Crippen LogP contribution is -2.18. The number of hydroxylamine groups is 2. The average Bonchev–Trinajstić information content (AvgIpc) is 2.47. The summed E-state index contributed by atoms with van der Waals surface area (Å²) in [6.07, 6.45) is 1.06. The average molecular weight is 177 g/mol. The highest BCUT2D eigenvalue weighted by Gasteiger charge is 2.29. The van der Waals surface area contributed by atoms with E-state index in [0.717, 1.165) is 13.0 Å². The summed E-state index contributed by atoms with van der Waals surface area (Å²) >= 11 is 0. The molecule has 1 aromatic rings. The molecule has 0 radical (unpaired) electrons. The van der Waals surface area contributed by atoms with Crippen molar-refractivity contribution in [3.8, 4) is 0 Å². The van der Waals surface area contributed by atoms with Crippen LogP contribution in [0.2, 0.25) is 0 Å². The van der Waals surface area contributed by atoms with Crippen molar-refractivity contribution < 1.29 is 5.21 Å². The lowest BCUT2D eigenvalue weighted by atomic mass is 10.0. The minimum atomic E-state index is 0.205. The Balaban J connectivity index is 2.18. The van der Waals surface area contributed by atoms with Crippen LogP contribution in [0.15, 0.2) is 30.3 Å². The zero-order valence-corrected chi connectivity index (χ0v) is 7.85. The third-order valence-electron chi connectivity index (χ3n) is 2.67. The van der Waals surface area contributed by atoms with Crippen molar-refractivity contribution in [1.82, 2.24) is 5.06 Å². The molecule has 70 valence electrons. The maximum absolute atomic E-state index is 9.65. The lowest BCUT2D eigenvalue weighted by molar-refractivity contribution is -0.105. The molecule has 0 saturated carbocycles. The van der Waals surface area contributed by atoms with E-state index in [1.54, 1.807) is 0 Å². The van der Waals surface area contributed by atoms with Gasteiger partial charge in [-0.25, -0.2) is 0 Å². The molecule has 0 aromatic heterocycles. The smallest absolute Gasteiger partial charge is 0.0602 e. The maximum Gasteiger partial charge on any atom is 0.0602 e. The summed E-state index contributed by atoms with van der Waals surface area (Å²) < 4.78 is 0. The second-order valence-electron chi connectivity index (χ2n) is 3.89. The van der Waals surface area contributed by atoms with Gasteiger partial charge in [-0.15, -0.1) is 0 Å². The summed E-state index contributed by atoms with van der Waals surface area (Å²) in [5.74, 6) is 0.593. The summed E-state index contributed by atoms with van der Waals surface area (Å²) in [6.45, 7) is 2.96. The van der Waals surface area contributed by atoms with Gasteiger partial charge in [0.2, 0.25) is 0 Å². The molecular weight excluding hydrogens is 162 g/mol. The molecule has 2 atom stereocenters. The van der Waals surface area contributed by atoms with Crippen LogP contribution in [0.3, 0.4) is 0 Å². The van der Waals surface area contributed by atoms with E-state index in [1.165, 1.54) is 10.6 Å². The topological polar surface area (TPSA) is 23.5 Å². The largest absolute Gasteiger partial charge is 0.313 e. The number of rotatable bonds is 1. The van der Waals surface area contributed by atoms with Gasteiger partial charge in [-0.3, -0.25) is 0 Å². The molecule has 2 rings (SSSR count). The molecule has 1 N–H and O–H groups in total. The molecule has 0 spiro atoms. The van der Waals surface area contributed by atoms with Crippen LogP contribution in [-0.2, 0) is 0 Å². The van der Waals surface area contributed by atoms with E-state index in [-0.39, 0.29) is 6.04 Å². The van der Waals surface area contributed by atoms with Gasteiger partial charge in [-0.1, -0.05) is 37.3 Å². The number of hydrogen-bond donors (Lipinski definition) is 1. The van der Waals surface area contributed by atoms with Crippen molar-refractivity contribution in [1.29, 1.82) is 0 Å². The van der Waals surface area contributed by atoms with E-state index in [4.69, 9.17) is 0 Å². The van der Waals surface area contributed by atoms with Crippen LogP contribution in [0.4, 0.5) is 0 Å². The second-order valence-corrected chi connectivity index (χ2v) is 3.89. The molecule has 2 heteroatoms. The predicted octanol–water partition coefficient (Wildman–Crippen LogP) is 2.46. The van der Waals surface area contributed by atoms with Crippen LogP contribution in [-0.4, -0.2) is 16.8 Å². The Kier molecular flexibility index (Phi) is 2.34. The Morgan fingerprint density at radius 1 is 1.31 bits per heavy atom. The predicted molar refractivity (Wildman–Crippen MR) is 51.5 cm³/mol. The first-order valence-electron chi connectivity index (χ1n) is 4.78. The van der Waals surface area contributed by atoms with E-state index in [2.05, 4.69) is 19.1 Å². The van der Waals surface area contributed by atoms with Gasteiger partial charge in [-0.05, 0) is 17.9 Å². The molecule has 1 saturated heterocycles. The molecule has 1 aliphatic heterocycles. The van der Waals surface area contributed by atoms with E-state index < -0.39 is 0 Å². The Hall–Kier alpha value is -0.860. The fraction of sp³-hybridized carbons (Fsp3) is 0.455.